The van der Waals surface area contributed by atoms with E-state index >= 15 is 0 Å². The van der Waals surface area contributed by atoms with Crippen LogP contribution in [0.25, 0.3) is 11.1 Å². The highest BCUT2D eigenvalue weighted by Gasteiger charge is 2.22. The van der Waals surface area contributed by atoms with Gasteiger partial charge in [-0.1, -0.05) is 42.1 Å². The molecule has 17 heavy (non-hydrogen) atoms. The van der Waals surface area contributed by atoms with Gasteiger partial charge in [-0.15, -0.1) is 0 Å². The van der Waals surface area contributed by atoms with Crippen LogP contribution >= 0.6 is 11.8 Å². The highest BCUT2D eigenvalue weighted by atomic mass is 32.2. The Morgan fingerprint density at radius 1 is 1.06 bits per heavy atom. The number of furan rings is 1. The zero-order valence-corrected chi connectivity index (χ0v) is 10.8. The molecule has 0 radical (unpaired) electrons. The van der Waals surface area contributed by atoms with Crippen molar-refractivity contribution in [1.82, 2.24) is 0 Å². The molecule has 0 atom stereocenters. The first-order valence-electron chi connectivity index (χ1n) is 6.14. The molecule has 2 heteroatoms. The minimum absolute atomic E-state index is 1.09. The van der Waals surface area contributed by atoms with Gasteiger partial charge >= 0.3 is 0 Å². The fourth-order valence-electron chi connectivity index (χ4n) is 2.58. The molecule has 1 aliphatic carbocycles. The molecule has 1 heterocycles. The van der Waals surface area contributed by atoms with Gasteiger partial charge in [0, 0.05) is 17.5 Å². The number of aryl methyl sites for hydroxylation is 1. The van der Waals surface area contributed by atoms with Crippen LogP contribution in [0.5, 0.6) is 0 Å². The van der Waals surface area contributed by atoms with Crippen LogP contribution in [-0.2, 0) is 12.8 Å². The maximum atomic E-state index is 6.00. The van der Waals surface area contributed by atoms with Gasteiger partial charge < -0.3 is 4.42 Å². The molecule has 0 spiro atoms. The molecule has 1 aliphatic rings. The van der Waals surface area contributed by atoms with E-state index in [0.29, 0.717) is 0 Å². The normalized spacial score (nSPS) is 14.6. The van der Waals surface area contributed by atoms with Gasteiger partial charge in [-0.3, -0.25) is 0 Å². The Labute approximate surface area is 106 Å². The van der Waals surface area contributed by atoms with Crippen LogP contribution in [0.1, 0.15) is 24.2 Å². The minimum Gasteiger partial charge on any atom is -0.454 e. The highest BCUT2D eigenvalue weighted by molar-refractivity contribution is 7.98. The Morgan fingerprint density at radius 3 is 2.59 bits per heavy atom. The SMILES string of the molecule is CSc1oc2c(c1-c1ccccc1)CCCC2. The number of hydrogen-bond acceptors (Lipinski definition) is 2. The second-order valence-corrected chi connectivity index (χ2v) is 5.22. The summed E-state index contributed by atoms with van der Waals surface area (Å²) in [5.74, 6) is 1.22. The van der Waals surface area contributed by atoms with Crippen molar-refractivity contribution < 1.29 is 4.42 Å². The van der Waals surface area contributed by atoms with Gasteiger partial charge in [0.15, 0.2) is 5.09 Å². The molecule has 0 amide bonds. The topological polar surface area (TPSA) is 13.1 Å². The lowest BCUT2D eigenvalue weighted by Crippen LogP contribution is -1.99. The first-order valence-corrected chi connectivity index (χ1v) is 7.36. The number of benzene rings is 1. The molecule has 0 bridgehead atoms. The summed E-state index contributed by atoms with van der Waals surface area (Å²) in [6.45, 7) is 0. The zero-order chi connectivity index (χ0) is 11.7. The molecule has 0 aliphatic heterocycles. The highest BCUT2D eigenvalue weighted by Crippen LogP contribution is 2.40. The van der Waals surface area contributed by atoms with E-state index in [1.807, 2.05) is 0 Å². The van der Waals surface area contributed by atoms with Crippen LogP contribution in [0.4, 0.5) is 0 Å². The average molecular weight is 244 g/mol. The zero-order valence-electron chi connectivity index (χ0n) is 10.0. The molecule has 0 saturated heterocycles. The van der Waals surface area contributed by atoms with Gasteiger partial charge in [0.25, 0.3) is 0 Å². The third-order valence-corrected chi connectivity index (χ3v) is 4.05. The summed E-state index contributed by atoms with van der Waals surface area (Å²) < 4.78 is 6.00. The van der Waals surface area contributed by atoms with Gasteiger partial charge in [-0.25, -0.2) is 0 Å². The molecule has 0 unspecified atom stereocenters. The van der Waals surface area contributed by atoms with Crippen LogP contribution in [0.2, 0.25) is 0 Å². The molecule has 88 valence electrons. The summed E-state index contributed by atoms with van der Waals surface area (Å²) in [5.41, 5.74) is 4.09. The summed E-state index contributed by atoms with van der Waals surface area (Å²) in [6.07, 6.45) is 6.93. The van der Waals surface area contributed by atoms with Crippen LogP contribution in [0, 0.1) is 0 Å². The second kappa shape index (κ2) is 4.61. The van der Waals surface area contributed by atoms with Gasteiger partial charge in [-0.05, 0) is 31.1 Å². The smallest absolute Gasteiger partial charge is 0.168 e. The third-order valence-electron chi connectivity index (χ3n) is 3.39. The van der Waals surface area contributed by atoms with Crippen molar-refractivity contribution in [2.24, 2.45) is 0 Å². The Bertz CT molecular complexity index is 513. The number of hydrogen-bond donors (Lipinski definition) is 0. The summed E-state index contributed by atoms with van der Waals surface area (Å²) in [6, 6.07) is 10.6. The molecule has 0 N–H and O–H groups in total. The van der Waals surface area contributed by atoms with Crippen LogP contribution in [0.3, 0.4) is 0 Å². The summed E-state index contributed by atoms with van der Waals surface area (Å²) in [5, 5.41) is 1.09. The first kappa shape index (κ1) is 11.0. The predicted octanol–water partition coefficient (Wildman–Crippen LogP) is 4.55. The second-order valence-electron chi connectivity index (χ2n) is 4.44. The number of thioether (sulfide) groups is 1. The van der Waals surface area contributed by atoms with Gasteiger partial charge in [0.1, 0.15) is 5.76 Å². The monoisotopic (exact) mass is 244 g/mol. The molecule has 2 aromatic rings. The lowest BCUT2D eigenvalue weighted by Gasteiger charge is -2.10. The van der Waals surface area contributed by atoms with E-state index in [1.54, 1.807) is 11.8 Å². The average Bonchev–Trinajstić information content (AvgIpc) is 2.78. The van der Waals surface area contributed by atoms with E-state index in [2.05, 4.69) is 36.6 Å². The maximum absolute atomic E-state index is 6.00. The molecule has 0 fully saturated rings. The lowest BCUT2D eigenvalue weighted by atomic mass is 9.93. The van der Waals surface area contributed by atoms with Gasteiger partial charge in [0.05, 0.1) is 0 Å². The molecule has 0 saturated carbocycles. The molecule has 1 nitrogen and oxygen atoms in total. The number of fused-ring (bicyclic) bond motifs is 1. The molecule has 1 aromatic carbocycles. The maximum Gasteiger partial charge on any atom is 0.168 e. The summed E-state index contributed by atoms with van der Waals surface area (Å²) in [4.78, 5) is 0. The van der Waals surface area contributed by atoms with E-state index in [-0.39, 0.29) is 0 Å². The van der Waals surface area contributed by atoms with Crippen molar-refractivity contribution in [2.75, 3.05) is 6.26 Å². The van der Waals surface area contributed by atoms with Gasteiger partial charge in [0.2, 0.25) is 0 Å². The molecular weight excluding hydrogens is 228 g/mol. The predicted molar refractivity (Wildman–Crippen MR) is 72.6 cm³/mol. The van der Waals surface area contributed by atoms with Crippen LogP contribution < -0.4 is 0 Å². The van der Waals surface area contributed by atoms with E-state index < -0.39 is 0 Å². The molecule has 3 rings (SSSR count). The molecular formula is C15H16OS. The summed E-state index contributed by atoms with van der Waals surface area (Å²) in [7, 11) is 0. The van der Waals surface area contributed by atoms with Crippen LogP contribution in [0.15, 0.2) is 39.8 Å². The Morgan fingerprint density at radius 2 is 1.82 bits per heavy atom. The molecule has 1 aromatic heterocycles. The largest absolute Gasteiger partial charge is 0.454 e. The van der Waals surface area contributed by atoms with E-state index in [0.717, 1.165) is 11.5 Å². The Hall–Kier alpha value is -1.15. The fourth-order valence-corrected chi connectivity index (χ4v) is 3.21. The van der Waals surface area contributed by atoms with Crippen molar-refractivity contribution >= 4 is 11.8 Å². The van der Waals surface area contributed by atoms with Crippen molar-refractivity contribution in [1.29, 1.82) is 0 Å². The quantitative estimate of drug-likeness (QED) is 0.719. The fraction of sp³-hybridized carbons (Fsp3) is 0.333. The first-order chi connectivity index (χ1) is 8.40. The standard InChI is InChI=1S/C15H16OS/c1-17-15-14(11-7-3-2-4-8-11)12-9-5-6-10-13(12)16-15/h2-4,7-8H,5-6,9-10H2,1H3. The Kier molecular flexibility index (Phi) is 2.98. The van der Waals surface area contributed by atoms with Crippen LogP contribution in [-0.4, -0.2) is 6.26 Å². The van der Waals surface area contributed by atoms with E-state index in [1.165, 1.54) is 41.7 Å². The van der Waals surface area contributed by atoms with Crippen molar-refractivity contribution in [3.05, 3.63) is 41.7 Å². The van der Waals surface area contributed by atoms with E-state index in [9.17, 15) is 0 Å². The van der Waals surface area contributed by atoms with Crippen molar-refractivity contribution in [2.45, 2.75) is 30.8 Å². The minimum atomic E-state index is 1.09. The summed E-state index contributed by atoms with van der Waals surface area (Å²) >= 11 is 1.72. The Balaban J connectivity index is 2.17. The van der Waals surface area contributed by atoms with E-state index in [4.69, 9.17) is 4.42 Å². The van der Waals surface area contributed by atoms with Gasteiger partial charge in [-0.2, -0.15) is 0 Å². The van der Waals surface area contributed by atoms with Crippen molar-refractivity contribution in [3.8, 4) is 11.1 Å². The third kappa shape index (κ3) is 1.91. The lowest BCUT2D eigenvalue weighted by molar-refractivity contribution is 0.416. The van der Waals surface area contributed by atoms with Crippen molar-refractivity contribution in [3.63, 3.8) is 0 Å². The number of rotatable bonds is 2.